The number of hydrogen-bond donors (Lipinski definition) is 1. The summed E-state index contributed by atoms with van der Waals surface area (Å²) in [6.07, 6.45) is 0.697. The molecule has 0 spiro atoms. The van der Waals surface area contributed by atoms with Gasteiger partial charge in [0.15, 0.2) is 11.6 Å². The zero-order chi connectivity index (χ0) is 11.5. The van der Waals surface area contributed by atoms with Crippen molar-refractivity contribution in [1.82, 2.24) is 5.32 Å². The number of nitrogens with one attached hydrogen (secondary N) is 1. The summed E-state index contributed by atoms with van der Waals surface area (Å²) in [6, 6.07) is 3.42. The average Bonchev–Trinajstić information content (AvgIpc) is 2.74. The number of hydrogen-bond acceptors (Lipinski definition) is 2. The summed E-state index contributed by atoms with van der Waals surface area (Å²) >= 11 is 0. The highest BCUT2D eigenvalue weighted by Crippen LogP contribution is 2.12. The summed E-state index contributed by atoms with van der Waals surface area (Å²) in [5.41, 5.74) is -0.271. The molecular weight excluding hydrogens is 216 g/mol. The van der Waals surface area contributed by atoms with Crippen molar-refractivity contribution < 1.29 is 18.3 Å². The number of ether oxygens (including phenoxy) is 1. The summed E-state index contributed by atoms with van der Waals surface area (Å²) in [7, 11) is 0. The molecule has 1 aliphatic heterocycles. The van der Waals surface area contributed by atoms with Gasteiger partial charge in [-0.1, -0.05) is 6.07 Å². The van der Waals surface area contributed by atoms with Gasteiger partial charge in [0.1, 0.15) is 0 Å². The Balaban J connectivity index is 2.11. The molecule has 0 bridgehead atoms. The first-order chi connectivity index (χ1) is 7.68. The number of carbonyl (C=O) groups is 1. The van der Waals surface area contributed by atoms with Crippen molar-refractivity contribution in [2.24, 2.45) is 0 Å². The van der Waals surface area contributed by atoms with Gasteiger partial charge in [-0.3, -0.25) is 4.79 Å². The highest BCUT2D eigenvalue weighted by molar-refractivity contribution is 5.94. The lowest BCUT2D eigenvalue weighted by molar-refractivity contribution is 0.0925. The fourth-order valence-corrected chi connectivity index (χ4v) is 1.59. The van der Waals surface area contributed by atoms with E-state index < -0.39 is 17.5 Å². The summed E-state index contributed by atoms with van der Waals surface area (Å²) in [5.74, 6) is -2.73. The molecule has 0 aliphatic carbocycles. The molecular formula is C11H11F2NO2. The van der Waals surface area contributed by atoms with E-state index in [-0.39, 0.29) is 11.6 Å². The predicted octanol–water partition coefficient (Wildman–Crippen LogP) is 1.48. The molecule has 1 atom stereocenters. The van der Waals surface area contributed by atoms with Crippen LogP contribution in [0.25, 0.3) is 0 Å². The third kappa shape index (κ3) is 2.19. The van der Waals surface area contributed by atoms with Gasteiger partial charge in [-0.2, -0.15) is 0 Å². The highest BCUT2D eigenvalue weighted by Gasteiger charge is 2.21. The van der Waals surface area contributed by atoms with E-state index in [0.29, 0.717) is 19.6 Å². The van der Waals surface area contributed by atoms with Crippen LogP contribution in [-0.2, 0) is 4.74 Å². The first-order valence-electron chi connectivity index (χ1n) is 5.01. The monoisotopic (exact) mass is 227 g/mol. The van der Waals surface area contributed by atoms with Crippen LogP contribution in [-0.4, -0.2) is 25.2 Å². The second-order valence-corrected chi connectivity index (χ2v) is 3.64. The maximum absolute atomic E-state index is 13.3. The molecule has 2 rings (SSSR count). The van der Waals surface area contributed by atoms with Crippen molar-refractivity contribution in [2.75, 3.05) is 13.2 Å². The van der Waals surface area contributed by atoms with E-state index in [9.17, 15) is 13.6 Å². The molecule has 0 aromatic heterocycles. The predicted molar refractivity (Wildman–Crippen MR) is 53.0 cm³/mol. The zero-order valence-corrected chi connectivity index (χ0v) is 8.50. The molecule has 3 nitrogen and oxygen atoms in total. The van der Waals surface area contributed by atoms with Crippen LogP contribution >= 0.6 is 0 Å². The average molecular weight is 227 g/mol. The molecule has 1 N–H and O–H groups in total. The Morgan fingerprint density at radius 3 is 2.94 bits per heavy atom. The number of benzene rings is 1. The molecule has 1 saturated heterocycles. The summed E-state index contributed by atoms with van der Waals surface area (Å²) in [4.78, 5) is 11.6. The summed E-state index contributed by atoms with van der Waals surface area (Å²) in [5, 5.41) is 2.59. The van der Waals surface area contributed by atoms with E-state index in [2.05, 4.69) is 5.32 Å². The van der Waals surface area contributed by atoms with Crippen LogP contribution in [0.1, 0.15) is 16.8 Å². The van der Waals surface area contributed by atoms with Crippen molar-refractivity contribution in [1.29, 1.82) is 0 Å². The molecule has 1 aromatic rings. The van der Waals surface area contributed by atoms with Gasteiger partial charge in [0.05, 0.1) is 18.2 Å². The Labute approximate surface area is 91.4 Å². The first kappa shape index (κ1) is 11.0. The normalized spacial score (nSPS) is 19.8. The van der Waals surface area contributed by atoms with E-state index in [0.717, 1.165) is 6.07 Å². The lowest BCUT2D eigenvalue weighted by atomic mass is 10.1. The van der Waals surface area contributed by atoms with Gasteiger partial charge in [-0.05, 0) is 18.6 Å². The van der Waals surface area contributed by atoms with Crippen LogP contribution < -0.4 is 5.32 Å². The second kappa shape index (κ2) is 4.57. The van der Waals surface area contributed by atoms with Gasteiger partial charge in [-0.15, -0.1) is 0 Å². The van der Waals surface area contributed by atoms with E-state index in [1.165, 1.54) is 12.1 Å². The van der Waals surface area contributed by atoms with Crippen molar-refractivity contribution in [2.45, 2.75) is 12.5 Å². The minimum Gasteiger partial charge on any atom is -0.379 e. The molecule has 1 amide bonds. The molecule has 1 heterocycles. The maximum Gasteiger partial charge on any atom is 0.254 e. The van der Waals surface area contributed by atoms with Crippen molar-refractivity contribution in [3.05, 3.63) is 35.4 Å². The smallest absolute Gasteiger partial charge is 0.254 e. The van der Waals surface area contributed by atoms with Gasteiger partial charge in [0, 0.05) is 6.61 Å². The van der Waals surface area contributed by atoms with Crippen LogP contribution in [0.5, 0.6) is 0 Å². The number of amides is 1. The van der Waals surface area contributed by atoms with Gasteiger partial charge in [-0.25, -0.2) is 8.78 Å². The second-order valence-electron chi connectivity index (χ2n) is 3.64. The van der Waals surface area contributed by atoms with E-state index in [1.54, 1.807) is 0 Å². The topological polar surface area (TPSA) is 38.3 Å². The van der Waals surface area contributed by atoms with Crippen molar-refractivity contribution in [3.63, 3.8) is 0 Å². The molecule has 16 heavy (non-hydrogen) atoms. The number of rotatable bonds is 2. The summed E-state index contributed by atoms with van der Waals surface area (Å²) in [6.45, 7) is 0.999. The molecule has 1 fully saturated rings. The highest BCUT2D eigenvalue weighted by atomic mass is 19.2. The zero-order valence-electron chi connectivity index (χ0n) is 8.50. The quantitative estimate of drug-likeness (QED) is 0.831. The standard InChI is InChI=1S/C11H11F2NO2/c12-9-3-1-2-8(10(9)13)11(15)14-7-4-5-16-6-7/h1-3,7H,4-6H2,(H,14,15). The Morgan fingerprint density at radius 1 is 1.44 bits per heavy atom. The lowest BCUT2D eigenvalue weighted by Crippen LogP contribution is -2.35. The van der Waals surface area contributed by atoms with Gasteiger partial charge < -0.3 is 10.1 Å². The molecule has 1 aromatic carbocycles. The van der Waals surface area contributed by atoms with E-state index >= 15 is 0 Å². The third-order valence-electron chi connectivity index (χ3n) is 2.46. The Kier molecular flexibility index (Phi) is 3.14. The fourth-order valence-electron chi connectivity index (χ4n) is 1.59. The molecule has 0 radical (unpaired) electrons. The van der Waals surface area contributed by atoms with Crippen LogP contribution in [0.15, 0.2) is 18.2 Å². The molecule has 0 saturated carbocycles. The molecule has 1 unspecified atom stereocenters. The number of halogens is 2. The van der Waals surface area contributed by atoms with Crippen LogP contribution in [0.4, 0.5) is 8.78 Å². The van der Waals surface area contributed by atoms with Crippen LogP contribution in [0.2, 0.25) is 0 Å². The maximum atomic E-state index is 13.3. The molecule has 5 heteroatoms. The first-order valence-corrected chi connectivity index (χ1v) is 5.01. The Hall–Kier alpha value is -1.49. The minimum absolute atomic E-state index is 0.116. The minimum atomic E-state index is -1.11. The lowest BCUT2D eigenvalue weighted by Gasteiger charge is -2.10. The van der Waals surface area contributed by atoms with Gasteiger partial charge in [0.25, 0.3) is 5.91 Å². The number of carbonyl (C=O) groups excluding carboxylic acids is 1. The van der Waals surface area contributed by atoms with Gasteiger partial charge in [0.2, 0.25) is 0 Å². The Bertz CT molecular complexity index is 403. The molecule has 1 aliphatic rings. The van der Waals surface area contributed by atoms with Crippen molar-refractivity contribution in [3.8, 4) is 0 Å². The third-order valence-corrected chi connectivity index (χ3v) is 2.46. The SMILES string of the molecule is O=C(NC1CCOC1)c1cccc(F)c1F. The van der Waals surface area contributed by atoms with Crippen molar-refractivity contribution >= 4 is 5.91 Å². The van der Waals surface area contributed by atoms with Crippen LogP contribution in [0.3, 0.4) is 0 Å². The Morgan fingerprint density at radius 2 is 2.25 bits per heavy atom. The summed E-state index contributed by atoms with van der Waals surface area (Å²) < 4.78 is 31.2. The van der Waals surface area contributed by atoms with E-state index in [4.69, 9.17) is 4.74 Å². The fraction of sp³-hybridized carbons (Fsp3) is 0.364. The van der Waals surface area contributed by atoms with Gasteiger partial charge >= 0.3 is 0 Å². The van der Waals surface area contributed by atoms with E-state index in [1.807, 2.05) is 0 Å². The largest absolute Gasteiger partial charge is 0.379 e. The van der Waals surface area contributed by atoms with Crippen LogP contribution in [0, 0.1) is 11.6 Å². The molecule has 86 valence electrons.